The van der Waals surface area contributed by atoms with Crippen LogP contribution in [0.3, 0.4) is 0 Å². The van der Waals surface area contributed by atoms with E-state index in [0.717, 1.165) is 17.8 Å². The number of nitro benzene ring substituents is 1. The highest BCUT2D eigenvalue weighted by molar-refractivity contribution is 7.99. The fourth-order valence-electron chi connectivity index (χ4n) is 1.72. The van der Waals surface area contributed by atoms with Gasteiger partial charge in [0.25, 0.3) is 5.69 Å². The first-order valence-electron chi connectivity index (χ1n) is 5.84. The highest BCUT2D eigenvalue weighted by Gasteiger charge is 2.19. The first-order valence-corrected chi connectivity index (χ1v) is 6.66. The Morgan fingerprint density at radius 1 is 1.29 bits per heavy atom. The van der Waals surface area contributed by atoms with Gasteiger partial charge in [0.2, 0.25) is 0 Å². The molecule has 0 aliphatic heterocycles. The van der Waals surface area contributed by atoms with Crippen LogP contribution in [0, 0.1) is 22.9 Å². The highest BCUT2D eigenvalue weighted by atomic mass is 32.2. The Morgan fingerprint density at radius 3 is 2.43 bits per heavy atom. The summed E-state index contributed by atoms with van der Waals surface area (Å²) < 4.78 is 12.9. The number of halogens is 1. The molecular weight excluding hydrogens is 297 g/mol. The van der Waals surface area contributed by atoms with Gasteiger partial charge in [0.15, 0.2) is 0 Å². The lowest BCUT2D eigenvalue weighted by Gasteiger charge is -2.08. The predicted molar refractivity (Wildman–Crippen MR) is 75.3 cm³/mol. The van der Waals surface area contributed by atoms with Crippen LogP contribution in [0.25, 0.3) is 0 Å². The van der Waals surface area contributed by atoms with Crippen LogP contribution in [-0.4, -0.2) is 16.0 Å². The summed E-state index contributed by atoms with van der Waals surface area (Å²) in [6.45, 7) is 1.55. The van der Waals surface area contributed by atoms with Gasteiger partial charge in [-0.25, -0.2) is 9.18 Å². The van der Waals surface area contributed by atoms with Gasteiger partial charge in [-0.2, -0.15) is 0 Å². The number of rotatable bonds is 4. The van der Waals surface area contributed by atoms with Crippen molar-refractivity contribution in [2.75, 3.05) is 0 Å². The molecule has 21 heavy (non-hydrogen) atoms. The minimum Gasteiger partial charge on any atom is -0.478 e. The van der Waals surface area contributed by atoms with Gasteiger partial charge in [-0.05, 0) is 37.3 Å². The van der Waals surface area contributed by atoms with Crippen molar-refractivity contribution in [1.29, 1.82) is 0 Å². The molecule has 0 spiro atoms. The number of nitro groups is 1. The van der Waals surface area contributed by atoms with E-state index in [4.69, 9.17) is 5.11 Å². The quantitative estimate of drug-likeness (QED) is 0.684. The average Bonchev–Trinajstić information content (AvgIpc) is 2.42. The molecular formula is C14H10FNO4S. The van der Waals surface area contributed by atoms with E-state index in [-0.39, 0.29) is 17.1 Å². The standard InChI is InChI=1S/C14H10FNO4S/c1-8-12(16(19)20)6-9(14(17)18)7-13(8)21-11-4-2-10(15)3-5-11/h2-7H,1H3,(H,17,18). The lowest BCUT2D eigenvalue weighted by atomic mass is 10.1. The third-order valence-electron chi connectivity index (χ3n) is 2.82. The molecule has 2 rings (SSSR count). The Morgan fingerprint density at radius 2 is 1.90 bits per heavy atom. The van der Waals surface area contributed by atoms with Crippen molar-refractivity contribution in [3.63, 3.8) is 0 Å². The third-order valence-corrected chi connectivity index (χ3v) is 3.97. The SMILES string of the molecule is Cc1c(Sc2ccc(F)cc2)cc(C(=O)O)cc1[N+](=O)[O-]. The van der Waals surface area contributed by atoms with Gasteiger partial charge >= 0.3 is 5.97 Å². The van der Waals surface area contributed by atoms with Gasteiger partial charge in [-0.1, -0.05) is 11.8 Å². The Kier molecular flexibility index (Phi) is 4.23. The van der Waals surface area contributed by atoms with Crippen LogP contribution in [0.15, 0.2) is 46.2 Å². The zero-order valence-electron chi connectivity index (χ0n) is 10.9. The molecule has 5 nitrogen and oxygen atoms in total. The van der Waals surface area contributed by atoms with Crippen molar-refractivity contribution in [2.24, 2.45) is 0 Å². The second-order valence-electron chi connectivity index (χ2n) is 4.24. The van der Waals surface area contributed by atoms with E-state index in [1.165, 1.54) is 30.3 Å². The molecule has 0 radical (unpaired) electrons. The zero-order chi connectivity index (χ0) is 15.6. The topological polar surface area (TPSA) is 80.4 Å². The fraction of sp³-hybridized carbons (Fsp3) is 0.0714. The van der Waals surface area contributed by atoms with E-state index in [1.807, 2.05) is 0 Å². The largest absolute Gasteiger partial charge is 0.478 e. The molecule has 0 atom stereocenters. The summed E-state index contributed by atoms with van der Waals surface area (Å²) in [5.74, 6) is -1.62. The van der Waals surface area contributed by atoms with Crippen molar-refractivity contribution in [3.8, 4) is 0 Å². The number of nitrogens with zero attached hydrogens (tertiary/aromatic N) is 1. The van der Waals surface area contributed by atoms with Crippen LogP contribution < -0.4 is 0 Å². The van der Waals surface area contributed by atoms with Gasteiger partial charge in [0, 0.05) is 21.4 Å². The highest BCUT2D eigenvalue weighted by Crippen LogP contribution is 2.35. The maximum Gasteiger partial charge on any atom is 0.335 e. The fourth-order valence-corrected chi connectivity index (χ4v) is 2.69. The van der Waals surface area contributed by atoms with Crippen molar-refractivity contribution < 1.29 is 19.2 Å². The summed E-state index contributed by atoms with van der Waals surface area (Å²) in [7, 11) is 0. The normalized spacial score (nSPS) is 10.4. The molecule has 0 saturated heterocycles. The van der Waals surface area contributed by atoms with Gasteiger partial charge in [-0.3, -0.25) is 10.1 Å². The van der Waals surface area contributed by atoms with Crippen LogP contribution in [0.1, 0.15) is 15.9 Å². The van der Waals surface area contributed by atoms with Crippen LogP contribution in [-0.2, 0) is 0 Å². The zero-order valence-corrected chi connectivity index (χ0v) is 11.7. The second-order valence-corrected chi connectivity index (χ2v) is 5.35. The molecule has 108 valence electrons. The monoisotopic (exact) mass is 307 g/mol. The molecule has 7 heteroatoms. The lowest BCUT2D eigenvalue weighted by Crippen LogP contribution is -2.01. The van der Waals surface area contributed by atoms with E-state index in [1.54, 1.807) is 6.92 Å². The molecule has 1 N–H and O–H groups in total. The summed E-state index contributed by atoms with van der Waals surface area (Å²) in [5, 5.41) is 20.0. The van der Waals surface area contributed by atoms with Crippen molar-refractivity contribution in [1.82, 2.24) is 0 Å². The average molecular weight is 307 g/mol. The molecule has 0 aliphatic rings. The van der Waals surface area contributed by atoms with Crippen molar-refractivity contribution in [2.45, 2.75) is 16.7 Å². The summed E-state index contributed by atoms with van der Waals surface area (Å²) in [6, 6.07) is 8.00. The molecule has 0 amide bonds. The Hall–Kier alpha value is -2.41. The Bertz CT molecular complexity index is 716. The lowest BCUT2D eigenvalue weighted by molar-refractivity contribution is -0.385. The molecule has 0 aromatic heterocycles. The molecule has 0 aliphatic carbocycles. The molecule has 2 aromatic carbocycles. The predicted octanol–water partition coefficient (Wildman–Crippen LogP) is 3.89. The molecule has 2 aromatic rings. The van der Waals surface area contributed by atoms with E-state index < -0.39 is 10.9 Å². The maximum absolute atomic E-state index is 12.9. The summed E-state index contributed by atoms with van der Waals surface area (Å²) in [6.07, 6.45) is 0. The summed E-state index contributed by atoms with van der Waals surface area (Å²) in [4.78, 5) is 22.6. The number of carboxylic acids is 1. The molecule has 0 bridgehead atoms. The smallest absolute Gasteiger partial charge is 0.335 e. The van der Waals surface area contributed by atoms with Crippen molar-refractivity contribution >= 4 is 23.4 Å². The van der Waals surface area contributed by atoms with E-state index in [9.17, 15) is 19.3 Å². The van der Waals surface area contributed by atoms with Gasteiger partial charge in [-0.15, -0.1) is 0 Å². The number of benzene rings is 2. The minimum absolute atomic E-state index is 0.156. The minimum atomic E-state index is -1.24. The molecule has 0 heterocycles. The number of carbonyl (C=O) groups is 1. The van der Waals surface area contributed by atoms with E-state index in [2.05, 4.69) is 0 Å². The Labute approximate surface area is 123 Å². The first-order chi connectivity index (χ1) is 9.88. The first kappa shape index (κ1) is 15.0. The third kappa shape index (κ3) is 3.38. The number of aromatic carboxylic acids is 1. The molecule has 0 fully saturated rings. The van der Waals surface area contributed by atoms with Gasteiger partial charge in [0.05, 0.1) is 10.5 Å². The molecule has 0 saturated carbocycles. The van der Waals surface area contributed by atoms with Crippen LogP contribution in [0.2, 0.25) is 0 Å². The van der Waals surface area contributed by atoms with Crippen LogP contribution >= 0.6 is 11.8 Å². The van der Waals surface area contributed by atoms with Crippen LogP contribution in [0.4, 0.5) is 10.1 Å². The van der Waals surface area contributed by atoms with Gasteiger partial charge in [0.1, 0.15) is 5.82 Å². The van der Waals surface area contributed by atoms with E-state index >= 15 is 0 Å². The Balaban J connectivity index is 2.48. The second kappa shape index (κ2) is 5.92. The number of hydrogen-bond donors (Lipinski definition) is 1. The number of carboxylic acid groups (broad SMARTS) is 1. The van der Waals surface area contributed by atoms with Gasteiger partial charge < -0.3 is 5.11 Å². The molecule has 0 unspecified atom stereocenters. The maximum atomic E-state index is 12.9. The van der Waals surface area contributed by atoms with Crippen molar-refractivity contribution in [3.05, 3.63) is 63.5 Å². The van der Waals surface area contributed by atoms with E-state index in [0.29, 0.717) is 15.4 Å². The number of hydrogen-bond acceptors (Lipinski definition) is 4. The summed E-state index contributed by atoms with van der Waals surface area (Å²) in [5.41, 5.74) is -0.0317. The van der Waals surface area contributed by atoms with Crippen LogP contribution in [0.5, 0.6) is 0 Å². The summed E-state index contributed by atoms with van der Waals surface area (Å²) >= 11 is 1.15.